The van der Waals surface area contributed by atoms with Crippen LogP contribution in [0.4, 0.5) is 21.5 Å². The fourth-order valence-electron chi connectivity index (χ4n) is 3.54. The highest BCUT2D eigenvalue weighted by Gasteiger charge is 2.18. The topological polar surface area (TPSA) is 93.3 Å². The molecule has 0 bridgehead atoms. The second-order valence-corrected chi connectivity index (χ2v) is 7.09. The van der Waals surface area contributed by atoms with Gasteiger partial charge in [-0.2, -0.15) is 5.10 Å². The van der Waals surface area contributed by atoms with Gasteiger partial charge < -0.3 is 10.2 Å². The maximum atomic E-state index is 13.9. The van der Waals surface area contributed by atoms with E-state index in [1.165, 1.54) is 35.0 Å². The highest BCUT2D eigenvalue weighted by Crippen LogP contribution is 2.29. The van der Waals surface area contributed by atoms with Crippen molar-refractivity contribution in [3.05, 3.63) is 76.4 Å². The minimum atomic E-state index is -0.493. The van der Waals surface area contributed by atoms with Crippen molar-refractivity contribution in [1.82, 2.24) is 9.78 Å². The van der Waals surface area contributed by atoms with E-state index < -0.39 is 16.6 Å². The van der Waals surface area contributed by atoms with Crippen LogP contribution >= 0.6 is 0 Å². The first-order valence-corrected chi connectivity index (χ1v) is 9.67. The SMILES string of the molecule is O=C(Nc1cc(F)ccc1N1CCCCC1)c1ccn(-c2cccc([N+](=O)[O-])c2)n1. The van der Waals surface area contributed by atoms with Crippen molar-refractivity contribution in [2.45, 2.75) is 19.3 Å². The third-order valence-corrected chi connectivity index (χ3v) is 5.03. The Morgan fingerprint density at radius 1 is 1.10 bits per heavy atom. The van der Waals surface area contributed by atoms with Gasteiger partial charge in [-0.25, -0.2) is 9.07 Å². The van der Waals surface area contributed by atoms with Crippen molar-refractivity contribution < 1.29 is 14.1 Å². The molecule has 0 saturated carbocycles. The number of non-ortho nitro benzene ring substituents is 1. The number of rotatable bonds is 5. The molecule has 9 heteroatoms. The summed E-state index contributed by atoms with van der Waals surface area (Å²) in [7, 11) is 0. The van der Waals surface area contributed by atoms with E-state index in [0.717, 1.165) is 38.0 Å². The molecule has 4 rings (SSSR count). The summed E-state index contributed by atoms with van der Waals surface area (Å²) in [5.41, 5.74) is 1.69. The molecular weight excluding hydrogens is 389 g/mol. The number of nitrogens with zero attached hydrogens (tertiary/aromatic N) is 4. The number of nitro benzene ring substituents is 1. The molecule has 0 spiro atoms. The Labute approximate surface area is 172 Å². The first-order chi connectivity index (χ1) is 14.5. The number of anilines is 2. The standard InChI is InChI=1S/C21H20FN5O3/c22-15-7-8-20(25-10-2-1-3-11-25)19(13-15)23-21(28)18-9-12-26(24-18)16-5-4-6-17(14-16)27(29)30/h4-9,12-14H,1-3,10-11H2,(H,23,28). The maximum Gasteiger partial charge on any atom is 0.276 e. The van der Waals surface area contributed by atoms with Crippen LogP contribution in [0, 0.1) is 15.9 Å². The monoisotopic (exact) mass is 409 g/mol. The largest absolute Gasteiger partial charge is 0.370 e. The lowest BCUT2D eigenvalue weighted by molar-refractivity contribution is -0.384. The van der Waals surface area contributed by atoms with Crippen LogP contribution in [-0.4, -0.2) is 33.7 Å². The minimum Gasteiger partial charge on any atom is -0.370 e. The minimum absolute atomic E-state index is 0.0695. The number of hydrogen-bond acceptors (Lipinski definition) is 5. The molecule has 1 aliphatic heterocycles. The molecule has 1 N–H and O–H groups in total. The van der Waals surface area contributed by atoms with Crippen molar-refractivity contribution in [1.29, 1.82) is 0 Å². The van der Waals surface area contributed by atoms with Crippen LogP contribution in [0.2, 0.25) is 0 Å². The number of aromatic nitrogens is 2. The fraction of sp³-hybridized carbons (Fsp3) is 0.238. The number of halogens is 1. The van der Waals surface area contributed by atoms with Crippen molar-refractivity contribution in [2.24, 2.45) is 0 Å². The molecule has 8 nitrogen and oxygen atoms in total. The Morgan fingerprint density at radius 3 is 2.67 bits per heavy atom. The van der Waals surface area contributed by atoms with E-state index in [-0.39, 0.29) is 11.4 Å². The van der Waals surface area contributed by atoms with Crippen LogP contribution in [-0.2, 0) is 0 Å². The third-order valence-electron chi connectivity index (χ3n) is 5.03. The molecule has 2 heterocycles. The van der Waals surface area contributed by atoms with Crippen molar-refractivity contribution in [2.75, 3.05) is 23.3 Å². The first kappa shape index (κ1) is 19.6. The van der Waals surface area contributed by atoms with Gasteiger partial charge in [0.15, 0.2) is 5.69 Å². The Hall–Kier alpha value is -3.75. The number of amides is 1. The molecule has 2 aromatic carbocycles. The van der Waals surface area contributed by atoms with Gasteiger partial charge in [0, 0.05) is 31.4 Å². The predicted molar refractivity (Wildman–Crippen MR) is 111 cm³/mol. The van der Waals surface area contributed by atoms with Gasteiger partial charge >= 0.3 is 0 Å². The number of carbonyl (C=O) groups excluding carboxylic acids is 1. The number of benzene rings is 2. The van der Waals surface area contributed by atoms with Crippen LogP contribution in [0.1, 0.15) is 29.8 Å². The highest BCUT2D eigenvalue weighted by atomic mass is 19.1. The molecule has 1 aliphatic rings. The smallest absolute Gasteiger partial charge is 0.276 e. The van der Waals surface area contributed by atoms with Crippen molar-refractivity contribution in [3.8, 4) is 5.69 Å². The van der Waals surface area contributed by atoms with Gasteiger partial charge in [0.05, 0.1) is 22.0 Å². The summed E-state index contributed by atoms with van der Waals surface area (Å²) in [6.07, 6.45) is 4.82. The van der Waals surface area contributed by atoms with Crippen LogP contribution in [0.5, 0.6) is 0 Å². The zero-order valence-electron chi connectivity index (χ0n) is 16.1. The fourth-order valence-corrected chi connectivity index (χ4v) is 3.54. The summed E-state index contributed by atoms with van der Waals surface area (Å²) in [6.45, 7) is 1.71. The summed E-state index contributed by atoms with van der Waals surface area (Å²) in [5.74, 6) is -0.920. The average molecular weight is 409 g/mol. The number of piperidine rings is 1. The van der Waals surface area contributed by atoms with E-state index in [4.69, 9.17) is 0 Å². The van der Waals surface area contributed by atoms with E-state index in [1.54, 1.807) is 24.4 Å². The number of nitrogens with one attached hydrogen (secondary N) is 1. The van der Waals surface area contributed by atoms with Gasteiger partial charge in [-0.3, -0.25) is 14.9 Å². The van der Waals surface area contributed by atoms with Gasteiger partial charge in [0.1, 0.15) is 5.82 Å². The lowest BCUT2D eigenvalue weighted by Crippen LogP contribution is -2.30. The average Bonchev–Trinajstić information content (AvgIpc) is 3.25. The molecule has 0 aliphatic carbocycles. The van der Waals surface area contributed by atoms with Gasteiger partial charge in [0.25, 0.3) is 11.6 Å². The van der Waals surface area contributed by atoms with Gasteiger partial charge in [-0.1, -0.05) is 6.07 Å². The summed E-state index contributed by atoms with van der Waals surface area (Å²) in [6, 6.07) is 11.8. The highest BCUT2D eigenvalue weighted by molar-refractivity contribution is 6.04. The zero-order valence-corrected chi connectivity index (χ0v) is 16.1. The molecule has 1 fully saturated rings. The number of carbonyl (C=O) groups is 1. The lowest BCUT2D eigenvalue weighted by atomic mass is 10.1. The van der Waals surface area contributed by atoms with Crippen LogP contribution in [0.15, 0.2) is 54.7 Å². The van der Waals surface area contributed by atoms with E-state index in [1.807, 2.05) is 0 Å². The Bertz CT molecular complexity index is 1090. The molecule has 1 aromatic heterocycles. The maximum absolute atomic E-state index is 13.9. The quantitative estimate of drug-likeness (QED) is 0.504. The molecule has 3 aromatic rings. The van der Waals surface area contributed by atoms with Crippen molar-refractivity contribution >= 4 is 23.0 Å². The van der Waals surface area contributed by atoms with Crippen LogP contribution < -0.4 is 10.2 Å². The van der Waals surface area contributed by atoms with E-state index in [0.29, 0.717) is 11.4 Å². The summed E-state index contributed by atoms with van der Waals surface area (Å²) < 4.78 is 15.2. The third kappa shape index (κ3) is 4.14. The zero-order chi connectivity index (χ0) is 21.1. The summed E-state index contributed by atoms with van der Waals surface area (Å²) in [4.78, 5) is 25.4. The van der Waals surface area contributed by atoms with Crippen molar-refractivity contribution in [3.63, 3.8) is 0 Å². The molecule has 0 radical (unpaired) electrons. The molecule has 0 unspecified atom stereocenters. The molecular formula is C21H20FN5O3. The predicted octanol–water partition coefficient (Wildman–Crippen LogP) is 4.16. The molecule has 154 valence electrons. The van der Waals surface area contributed by atoms with Gasteiger partial charge in [-0.15, -0.1) is 0 Å². The second-order valence-electron chi connectivity index (χ2n) is 7.09. The number of nitro groups is 1. The molecule has 30 heavy (non-hydrogen) atoms. The summed E-state index contributed by atoms with van der Waals surface area (Å²) in [5, 5.41) is 17.9. The lowest BCUT2D eigenvalue weighted by Gasteiger charge is -2.30. The molecule has 1 amide bonds. The summed E-state index contributed by atoms with van der Waals surface area (Å²) >= 11 is 0. The van der Waals surface area contributed by atoms with Gasteiger partial charge in [-0.05, 0) is 49.6 Å². The molecule has 0 atom stereocenters. The Morgan fingerprint density at radius 2 is 1.90 bits per heavy atom. The Balaban J connectivity index is 1.56. The van der Waals surface area contributed by atoms with Gasteiger partial charge in [0.2, 0.25) is 0 Å². The van der Waals surface area contributed by atoms with E-state index in [2.05, 4.69) is 15.3 Å². The number of hydrogen-bond donors (Lipinski definition) is 1. The van der Waals surface area contributed by atoms with E-state index in [9.17, 15) is 19.3 Å². The second kappa shape index (κ2) is 8.32. The first-order valence-electron chi connectivity index (χ1n) is 9.67. The van der Waals surface area contributed by atoms with E-state index >= 15 is 0 Å². The normalized spacial score (nSPS) is 13.8. The molecule has 1 saturated heterocycles. The Kier molecular flexibility index (Phi) is 5.42. The van der Waals surface area contributed by atoms with Crippen LogP contribution in [0.25, 0.3) is 5.69 Å². The van der Waals surface area contributed by atoms with Crippen LogP contribution in [0.3, 0.4) is 0 Å².